The van der Waals surface area contributed by atoms with E-state index in [2.05, 4.69) is 17.3 Å². The molecule has 0 aromatic carbocycles. The minimum Gasteiger partial charge on any atom is -0.377 e. The number of hydrogen-bond acceptors (Lipinski definition) is 4. The zero-order valence-corrected chi connectivity index (χ0v) is 6.75. The number of nitrogens with one attached hydrogen (secondary N) is 2. The number of hydrogen-bond donors (Lipinski definition) is 3. The molecule has 0 radical (unpaired) electrons. The second kappa shape index (κ2) is 4.20. The average Bonchev–Trinajstić information content (AvgIpc) is 2.51. The summed E-state index contributed by atoms with van der Waals surface area (Å²) in [6, 6.07) is -0.0607. The van der Waals surface area contributed by atoms with E-state index >= 15 is 0 Å². The number of ether oxygens (including phenoxy) is 1. The number of rotatable bonds is 3. The molecule has 2 unspecified atom stereocenters. The zero-order valence-electron chi connectivity index (χ0n) is 6.75. The van der Waals surface area contributed by atoms with Gasteiger partial charge in [-0.15, -0.1) is 0 Å². The van der Waals surface area contributed by atoms with Crippen LogP contribution in [0.1, 0.15) is 0 Å². The van der Waals surface area contributed by atoms with E-state index in [1.165, 1.54) is 6.08 Å². The Morgan fingerprint density at radius 3 is 2.83 bits per heavy atom. The summed E-state index contributed by atoms with van der Waals surface area (Å²) < 4.78 is 5.11. The predicted octanol–water partition coefficient (Wildman–Crippen LogP) is -1.48. The predicted molar refractivity (Wildman–Crippen MR) is 44.1 cm³/mol. The molecule has 1 heterocycles. The monoisotopic (exact) mass is 171 g/mol. The molecule has 4 N–H and O–H groups in total. The molecule has 1 aliphatic heterocycles. The van der Waals surface area contributed by atoms with Gasteiger partial charge in [-0.25, -0.2) is 0 Å². The summed E-state index contributed by atoms with van der Waals surface area (Å²) >= 11 is 0. The fraction of sp³-hybridized carbons (Fsp3) is 0.571. The van der Waals surface area contributed by atoms with E-state index in [0.29, 0.717) is 13.2 Å². The quantitative estimate of drug-likeness (QED) is 0.275. The molecule has 1 saturated heterocycles. The fourth-order valence-electron chi connectivity index (χ4n) is 1.10. The Labute approximate surface area is 70.9 Å². The number of carbonyl (C=O) groups is 1. The molecule has 2 atom stereocenters. The van der Waals surface area contributed by atoms with Gasteiger partial charge in [0.2, 0.25) is 5.91 Å². The van der Waals surface area contributed by atoms with Crippen LogP contribution < -0.4 is 16.6 Å². The van der Waals surface area contributed by atoms with Gasteiger partial charge >= 0.3 is 0 Å². The van der Waals surface area contributed by atoms with Crippen LogP contribution in [-0.4, -0.2) is 31.2 Å². The zero-order chi connectivity index (χ0) is 8.97. The van der Waals surface area contributed by atoms with Gasteiger partial charge < -0.3 is 10.1 Å². The average molecular weight is 171 g/mol. The van der Waals surface area contributed by atoms with Gasteiger partial charge in [-0.3, -0.25) is 16.1 Å². The Bertz CT molecular complexity index is 183. The number of hydrazine groups is 1. The Hall–Kier alpha value is -0.910. The van der Waals surface area contributed by atoms with Crippen LogP contribution in [0.5, 0.6) is 0 Å². The third-order valence-corrected chi connectivity index (χ3v) is 1.81. The molecule has 1 aliphatic rings. The summed E-state index contributed by atoms with van der Waals surface area (Å²) in [4.78, 5) is 10.9. The Kier molecular flexibility index (Phi) is 3.21. The topological polar surface area (TPSA) is 76.4 Å². The number of amides is 1. The van der Waals surface area contributed by atoms with Crippen molar-refractivity contribution >= 4 is 5.91 Å². The van der Waals surface area contributed by atoms with Crippen molar-refractivity contribution in [2.45, 2.75) is 12.1 Å². The van der Waals surface area contributed by atoms with Crippen LogP contribution in [0, 0.1) is 0 Å². The highest BCUT2D eigenvalue weighted by atomic mass is 16.5. The molecule has 1 fully saturated rings. The van der Waals surface area contributed by atoms with E-state index in [0.717, 1.165) is 0 Å². The summed E-state index contributed by atoms with van der Waals surface area (Å²) in [6.45, 7) is 4.37. The molecule has 12 heavy (non-hydrogen) atoms. The van der Waals surface area contributed by atoms with E-state index in [1.807, 2.05) is 0 Å². The lowest BCUT2D eigenvalue weighted by Crippen LogP contribution is -2.51. The highest BCUT2D eigenvalue weighted by Crippen LogP contribution is 2.03. The summed E-state index contributed by atoms with van der Waals surface area (Å²) in [6.07, 6.45) is 1.23. The first-order chi connectivity index (χ1) is 5.77. The normalized spacial score (nSPS) is 28.4. The van der Waals surface area contributed by atoms with Crippen molar-refractivity contribution in [3.8, 4) is 0 Å². The van der Waals surface area contributed by atoms with E-state index in [4.69, 9.17) is 10.6 Å². The minimum absolute atomic E-state index is 0.00565. The Balaban J connectivity index is 2.40. The largest absolute Gasteiger partial charge is 0.377 e. The summed E-state index contributed by atoms with van der Waals surface area (Å²) in [5.74, 6) is 5.03. The summed E-state index contributed by atoms with van der Waals surface area (Å²) in [7, 11) is 0. The third kappa shape index (κ3) is 2.04. The number of nitrogens with two attached hydrogens (primary N) is 1. The molecule has 1 rings (SSSR count). The van der Waals surface area contributed by atoms with Crippen molar-refractivity contribution in [2.24, 2.45) is 5.84 Å². The van der Waals surface area contributed by atoms with E-state index in [-0.39, 0.29) is 18.0 Å². The van der Waals surface area contributed by atoms with Crippen LogP contribution in [0.25, 0.3) is 0 Å². The van der Waals surface area contributed by atoms with Crippen molar-refractivity contribution < 1.29 is 9.53 Å². The van der Waals surface area contributed by atoms with E-state index in [1.54, 1.807) is 0 Å². The molecule has 0 saturated carbocycles. The lowest BCUT2D eigenvalue weighted by Gasteiger charge is -2.16. The van der Waals surface area contributed by atoms with E-state index < -0.39 is 0 Å². The molecule has 0 aromatic heterocycles. The number of carbonyl (C=O) groups excluding carboxylic acids is 1. The second-order valence-electron chi connectivity index (χ2n) is 2.63. The van der Waals surface area contributed by atoms with Gasteiger partial charge in [0, 0.05) is 0 Å². The second-order valence-corrected chi connectivity index (χ2v) is 2.63. The first-order valence-electron chi connectivity index (χ1n) is 3.74. The van der Waals surface area contributed by atoms with Gasteiger partial charge in [-0.2, -0.15) is 0 Å². The van der Waals surface area contributed by atoms with Crippen LogP contribution in [0.3, 0.4) is 0 Å². The molecule has 0 aliphatic carbocycles. The maximum absolute atomic E-state index is 10.9. The van der Waals surface area contributed by atoms with Crippen molar-refractivity contribution in [3.63, 3.8) is 0 Å². The molecule has 1 amide bonds. The lowest BCUT2D eigenvalue weighted by atomic mass is 10.2. The summed E-state index contributed by atoms with van der Waals surface area (Å²) in [5.41, 5.74) is 2.57. The van der Waals surface area contributed by atoms with Gasteiger partial charge in [-0.05, 0) is 6.08 Å². The van der Waals surface area contributed by atoms with Crippen LogP contribution in [0.2, 0.25) is 0 Å². The first-order valence-corrected chi connectivity index (χ1v) is 3.74. The molecule has 68 valence electrons. The van der Waals surface area contributed by atoms with Crippen molar-refractivity contribution in [1.29, 1.82) is 0 Å². The molecular weight excluding hydrogens is 158 g/mol. The van der Waals surface area contributed by atoms with Crippen LogP contribution in [0.15, 0.2) is 12.7 Å². The first kappa shape index (κ1) is 9.18. The van der Waals surface area contributed by atoms with Crippen molar-refractivity contribution in [3.05, 3.63) is 12.7 Å². The van der Waals surface area contributed by atoms with Gasteiger partial charge in [0.1, 0.15) is 0 Å². The van der Waals surface area contributed by atoms with Crippen LogP contribution in [0.4, 0.5) is 0 Å². The standard InChI is InChI=1S/C7H13N3O2/c1-2-7(11)9-5-3-12-4-6(5)10-8/h2,5-6,10H,1,3-4,8H2,(H,9,11). The Morgan fingerprint density at radius 2 is 2.25 bits per heavy atom. The van der Waals surface area contributed by atoms with Gasteiger partial charge in [0.15, 0.2) is 0 Å². The Morgan fingerprint density at radius 1 is 1.58 bits per heavy atom. The van der Waals surface area contributed by atoms with Crippen molar-refractivity contribution in [2.75, 3.05) is 13.2 Å². The van der Waals surface area contributed by atoms with Gasteiger partial charge in [-0.1, -0.05) is 6.58 Å². The van der Waals surface area contributed by atoms with Crippen LogP contribution in [-0.2, 0) is 9.53 Å². The fourth-order valence-corrected chi connectivity index (χ4v) is 1.10. The van der Waals surface area contributed by atoms with Gasteiger partial charge in [0.05, 0.1) is 25.3 Å². The lowest BCUT2D eigenvalue weighted by molar-refractivity contribution is -0.117. The van der Waals surface area contributed by atoms with Gasteiger partial charge in [0.25, 0.3) is 0 Å². The maximum atomic E-state index is 10.9. The molecule has 5 nitrogen and oxygen atoms in total. The highest BCUT2D eigenvalue weighted by molar-refractivity contribution is 5.87. The highest BCUT2D eigenvalue weighted by Gasteiger charge is 2.27. The third-order valence-electron chi connectivity index (χ3n) is 1.81. The summed E-state index contributed by atoms with van der Waals surface area (Å²) in [5, 5.41) is 2.71. The van der Waals surface area contributed by atoms with Crippen LogP contribution >= 0.6 is 0 Å². The van der Waals surface area contributed by atoms with E-state index in [9.17, 15) is 4.79 Å². The molecular formula is C7H13N3O2. The minimum atomic E-state index is -0.203. The van der Waals surface area contributed by atoms with Crippen molar-refractivity contribution in [1.82, 2.24) is 10.7 Å². The molecule has 0 bridgehead atoms. The smallest absolute Gasteiger partial charge is 0.243 e. The maximum Gasteiger partial charge on any atom is 0.243 e. The molecule has 0 spiro atoms. The SMILES string of the molecule is C=CC(=O)NC1COCC1NN. The molecule has 0 aromatic rings. The molecule has 5 heteroatoms.